The first-order valence-electron chi connectivity index (χ1n) is 9.08. The van der Waals surface area contributed by atoms with Crippen molar-refractivity contribution < 1.29 is 27.8 Å². The van der Waals surface area contributed by atoms with Gasteiger partial charge in [-0.2, -0.15) is 8.78 Å². The lowest BCUT2D eigenvalue weighted by Crippen LogP contribution is -2.50. The van der Waals surface area contributed by atoms with E-state index in [0.29, 0.717) is 31.9 Å². The van der Waals surface area contributed by atoms with E-state index in [2.05, 4.69) is 15.0 Å². The molecule has 0 saturated carbocycles. The summed E-state index contributed by atoms with van der Waals surface area (Å²) in [6.45, 7) is -0.548. The molecule has 0 spiro atoms. The minimum atomic E-state index is -2.99. The van der Waals surface area contributed by atoms with Crippen molar-refractivity contribution in [1.29, 1.82) is 0 Å². The normalized spacial score (nSPS) is 14.0. The van der Waals surface area contributed by atoms with Crippen molar-refractivity contribution in [1.82, 2.24) is 4.90 Å². The van der Waals surface area contributed by atoms with Gasteiger partial charge < -0.3 is 29.3 Å². The third-order valence-corrected chi connectivity index (χ3v) is 4.64. The van der Waals surface area contributed by atoms with Crippen molar-refractivity contribution in [2.24, 2.45) is 0 Å². The summed E-state index contributed by atoms with van der Waals surface area (Å²) in [7, 11) is 2.98. The lowest BCUT2D eigenvalue weighted by atomic mass is 10.2. The van der Waals surface area contributed by atoms with Gasteiger partial charge in [0.15, 0.2) is 11.5 Å². The second kappa shape index (κ2) is 9.31. The Bertz CT molecular complexity index is 825. The van der Waals surface area contributed by atoms with Crippen LogP contribution in [0.2, 0.25) is 0 Å². The van der Waals surface area contributed by atoms with Gasteiger partial charge in [0.2, 0.25) is 0 Å². The summed E-state index contributed by atoms with van der Waals surface area (Å²) in [5, 5.41) is 2.72. The second-order valence-electron chi connectivity index (χ2n) is 6.35. The summed E-state index contributed by atoms with van der Waals surface area (Å²) in [6.07, 6.45) is 0. The molecule has 2 amide bonds. The van der Waals surface area contributed by atoms with Crippen LogP contribution in [0.3, 0.4) is 0 Å². The van der Waals surface area contributed by atoms with Gasteiger partial charge in [-0.1, -0.05) is 0 Å². The average molecular weight is 407 g/mol. The van der Waals surface area contributed by atoms with Crippen LogP contribution in [0.15, 0.2) is 42.5 Å². The molecule has 156 valence electrons. The van der Waals surface area contributed by atoms with Crippen LogP contribution < -0.4 is 24.4 Å². The van der Waals surface area contributed by atoms with E-state index in [4.69, 9.17) is 9.47 Å². The van der Waals surface area contributed by atoms with Gasteiger partial charge in [-0.15, -0.1) is 0 Å². The Morgan fingerprint density at radius 2 is 1.66 bits per heavy atom. The van der Waals surface area contributed by atoms with Crippen molar-refractivity contribution in [2.75, 3.05) is 50.6 Å². The lowest BCUT2D eigenvalue weighted by Gasteiger charge is -2.36. The van der Waals surface area contributed by atoms with Crippen LogP contribution in [0.25, 0.3) is 0 Å². The van der Waals surface area contributed by atoms with E-state index in [-0.39, 0.29) is 17.5 Å². The Morgan fingerprint density at radius 1 is 0.966 bits per heavy atom. The molecule has 0 aliphatic carbocycles. The Hall–Kier alpha value is -3.23. The molecular weight excluding hydrogens is 384 g/mol. The zero-order valence-electron chi connectivity index (χ0n) is 16.2. The van der Waals surface area contributed by atoms with Crippen LogP contribution in [0.5, 0.6) is 17.2 Å². The largest absolute Gasteiger partial charge is 0.497 e. The summed E-state index contributed by atoms with van der Waals surface area (Å²) in [5.41, 5.74) is 1.42. The molecule has 9 heteroatoms. The molecule has 1 heterocycles. The van der Waals surface area contributed by atoms with E-state index in [9.17, 15) is 13.6 Å². The number of carbonyl (C=O) groups excluding carboxylic acids is 1. The number of rotatable bonds is 6. The maximum Gasteiger partial charge on any atom is 0.387 e. The average Bonchev–Trinajstić information content (AvgIpc) is 2.74. The molecule has 3 rings (SSSR count). The number of anilines is 2. The fourth-order valence-electron chi connectivity index (χ4n) is 3.11. The molecule has 1 saturated heterocycles. The van der Waals surface area contributed by atoms with Gasteiger partial charge in [-0.25, -0.2) is 4.79 Å². The Labute approximate surface area is 167 Å². The number of benzene rings is 2. The van der Waals surface area contributed by atoms with E-state index in [1.807, 2.05) is 24.3 Å². The number of nitrogens with one attached hydrogen (secondary N) is 1. The van der Waals surface area contributed by atoms with Crippen LogP contribution in [0.4, 0.5) is 25.0 Å². The van der Waals surface area contributed by atoms with Crippen molar-refractivity contribution in [3.63, 3.8) is 0 Å². The van der Waals surface area contributed by atoms with Gasteiger partial charge in [0.05, 0.1) is 14.2 Å². The summed E-state index contributed by atoms with van der Waals surface area (Å²) in [5.74, 6) is 0.822. The van der Waals surface area contributed by atoms with Crippen molar-refractivity contribution in [3.8, 4) is 17.2 Å². The molecule has 1 N–H and O–H groups in total. The maximum absolute atomic E-state index is 12.6. The molecule has 0 unspecified atom stereocenters. The molecule has 1 aliphatic rings. The highest BCUT2D eigenvalue weighted by Gasteiger charge is 2.22. The third-order valence-electron chi connectivity index (χ3n) is 4.64. The summed E-state index contributed by atoms with van der Waals surface area (Å²) >= 11 is 0. The Morgan fingerprint density at radius 3 is 2.24 bits per heavy atom. The number of piperazine rings is 1. The molecular formula is C20H23F2N3O4. The first kappa shape index (κ1) is 20.5. The van der Waals surface area contributed by atoms with Gasteiger partial charge in [-0.05, 0) is 36.4 Å². The zero-order chi connectivity index (χ0) is 20.8. The monoisotopic (exact) mass is 407 g/mol. The number of methoxy groups -OCH3 is 2. The minimum Gasteiger partial charge on any atom is -0.497 e. The fraction of sp³-hybridized carbons (Fsp3) is 0.350. The molecule has 29 heavy (non-hydrogen) atoms. The molecule has 7 nitrogen and oxygen atoms in total. The molecule has 2 aromatic rings. The molecule has 0 aromatic heterocycles. The summed E-state index contributed by atoms with van der Waals surface area (Å²) in [6, 6.07) is 11.8. The molecule has 1 aliphatic heterocycles. The van der Waals surface area contributed by atoms with Crippen LogP contribution in [0.1, 0.15) is 0 Å². The molecule has 0 bridgehead atoms. The third kappa shape index (κ3) is 5.18. The molecule has 0 radical (unpaired) electrons. The van der Waals surface area contributed by atoms with Gasteiger partial charge >= 0.3 is 12.6 Å². The number of carbonyl (C=O) groups is 1. The van der Waals surface area contributed by atoms with Gasteiger partial charge in [0.25, 0.3) is 0 Å². The van der Waals surface area contributed by atoms with E-state index in [0.717, 1.165) is 11.4 Å². The Balaban J connectivity index is 1.58. The highest BCUT2D eigenvalue weighted by molar-refractivity contribution is 5.90. The van der Waals surface area contributed by atoms with Crippen LogP contribution in [-0.2, 0) is 0 Å². The fourth-order valence-corrected chi connectivity index (χ4v) is 3.11. The van der Waals surface area contributed by atoms with Crippen LogP contribution >= 0.6 is 0 Å². The van der Waals surface area contributed by atoms with E-state index in [1.165, 1.54) is 19.2 Å². The van der Waals surface area contributed by atoms with Gasteiger partial charge in [-0.3, -0.25) is 0 Å². The number of alkyl halides is 2. The van der Waals surface area contributed by atoms with Crippen LogP contribution in [0, 0.1) is 0 Å². The molecule has 1 fully saturated rings. The van der Waals surface area contributed by atoms with E-state index < -0.39 is 6.61 Å². The predicted molar refractivity (Wildman–Crippen MR) is 105 cm³/mol. The number of hydrogen-bond acceptors (Lipinski definition) is 5. The SMILES string of the molecule is COc1ccc(N2CCN(C(=O)Nc3ccc(OC)c(OC(F)F)c3)CC2)cc1. The molecule has 2 aromatic carbocycles. The number of ether oxygens (including phenoxy) is 3. The standard InChI is InChI=1S/C20H23F2N3O4/c1-27-16-6-4-15(5-7-16)24-9-11-25(12-10-24)20(26)23-14-3-8-17(28-2)18(13-14)29-19(21)22/h3-8,13,19H,9-12H2,1-2H3,(H,23,26). The zero-order valence-corrected chi connectivity index (χ0v) is 16.2. The topological polar surface area (TPSA) is 63.3 Å². The summed E-state index contributed by atoms with van der Waals surface area (Å²) in [4.78, 5) is 16.4. The highest BCUT2D eigenvalue weighted by atomic mass is 19.3. The number of amides is 2. The lowest BCUT2D eigenvalue weighted by molar-refractivity contribution is -0.0511. The first-order valence-corrected chi connectivity index (χ1v) is 9.08. The van der Waals surface area contributed by atoms with Crippen molar-refractivity contribution in [3.05, 3.63) is 42.5 Å². The number of nitrogens with zero attached hydrogens (tertiary/aromatic N) is 2. The van der Waals surface area contributed by atoms with Gasteiger partial charge in [0, 0.05) is 43.6 Å². The maximum atomic E-state index is 12.6. The van der Waals surface area contributed by atoms with Crippen LogP contribution in [-0.4, -0.2) is 57.9 Å². The highest BCUT2D eigenvalue weighted by Crippen LogP contribution is 2.31. The molecule has 0 atom stereocenters. The van der Waals surface area contributed by atoms with E-state index in [1.54, 1.807) is 18.1 Å². The number of urea groups is 1. The quantitative estimate of drug-likeness (QED) is 0.792. The smallest absolute Gasteiger partial charge is 0.387 e. The first-order chi connectivity index (χ1) is 14.0. The number of halogens is 2. The van der Waals surface area contributed by atoms with E-state index >= 15 is 0 Å². The Kier molecular flexibility index (Phi) is 6.58. The second-order valence-corrected chi connectivity index (χ2v) is 6.35. The minimum absolute atomic E-state index is 0.135. The predicted octanol–water partition coefficient (Wildman–Crippen LogP) is 3.66. The number of hydrogen-bond donors (Lipinski definition) is 1. The van der Waals surface area contributed by atoms with Crippen molar-refractivity contribution >= 4 is 17.4 Å². The van der Waals surface area contributed by atoms with Gasteiger partial charge in [0.1, 0.15) is 5.75 Å². The summed E-state index contributed by atoms with van der Waals surface area (Å²) < 4.78 is 39.7. The van der Waals surface area contributed by atoms with Crippen molar-refractivity contribution in [2.45, 2.75) is 6.61 Å².